The van der Waals surface area contributed by atoms with Crippen LogP contribution in [0.2, 0.25) is 5.02 Å². The van der Waals surface area contributed by atoms with Crippen molar-refractivity contribution in [3.63, 3.8) is 0 Å². The summed E-state index contributed by atoms with van der Waals surface area (Å²) in [4.78, 5) is 10.6. The number of benzene rings is 1. The van der Waals surface area contributed by atoms with Crippen LogP contribution >= 0.6 is 11.6 Å². The smallest absolute Gasteiger partial charge is 0.320 e. The van der Waals surface area contributed by atoms with E-state index < -0.39 is 12.0 Å². The molecule has 3 N–H and O–H groups in total. The summed E-state index contributed by atoms with van der Waals surface area (Å²) >= 11 is 5.77. The molecule has 1 rings (SSSR count). The van der Waals surface area contributed by atoms with E-state index in [2.05, 4.69) is 0 Å². The lowest BCUT2D eigenvalue weighted by atomic mass is 10.1. The van der Waals surface area contributed by atoms with Crippen molar-refractivity contribution in [1.29, 1.82) is 0 Å². The van der Waals surface area contributed by atoms with Gasteiger partial charge in [0.25, 0.3) is 0 Å². The Bertz CT molecular complexity index is 368. The molecule has 0 saturated heterocycles. The molecule has 0 heterocycles. The third-order valence-corrected chi connectivity index (χ3v) is 2.24. The fourth-order valence-electron chi connectivity index (χ4n) is 1.21. The lowest BCUT2D eigenvalue weighted by Crippen LogP contribution is -2.32. The molecule has 0 aliphatic heterocycles. The first-order chi connectivity index (χ1) is 7.04. The molecule has 0 aliphatic carbocycles. The minimum atomic E-state index is -1.04. The molecular formula is C10H12ClNO3. The zero-order valence-electron chi connectivity index (χ0n) is 8.24. The predicted molar refractivity (Wildman–Crippen MR) is 57.3 cm³/mol. The van der Waals surface area contributed by atoms with Crippen molar-refractivity contribution in [1.82, 2.24) is 0 Å². The molecule has 0 amide bonds. The van der Waals surface area contributed by atoms with Crippen LogP contribution in [0.5, 0.6) is 5.75 Å². The van der Waals surface area contributed by atoms with Crippen LogP contribution in [-0.2, 0) is 11.2 Å². The highest BCUT2D eigenvalue weighted by Gasteiger charge is 2.14. The normalized spacial score (nSPS) is 12.2. The summed E-state index contributed by atoms with van der Waals surface area (Å²) in [5.74, 6) is -0.480. The molecule has 0 aliphatic rings. The second-order valence-corrected chi connectivity index (χ2v) is 3.54. The summed E-state index contributed by atoms with van der Waals surface area (Å²) in [6.45, 7) is 0. The third kappa shape index (κ3) is 3.11. The van der Waals surface area contributed by atoms with E-state index in [1.165, 1.54) is 7.11 Å². The fraction of sp³-hybridized carbons (Fsp3) is 0.300. The summed E-state index contributed by atoms with van der Waals surface area (Å²) in [5, 5.41) is 9.21. The van der Waals surface area contributed by atoms with E-state index in [0.29, 0.717) is 10.8 Å². The van der Waals surface area contributed by atoms with Crippen molar-refractivity contribution >= 4 is 17.6 Å². The first-order valence-electron chi connectivity index (χ1n) is 4.35. The lowest BCUT2D eigenvalue weighted by Gasteiger charge is -2.11. The molecule has 82 valence electrons. The molecule has 0 radical (unpaired) electrons. The van der Waals surface area contributed by atoms with Crippen molar-refractivity contribution in [2.75, 3.05) is 7.11 Å². The Kier molecular flexibility index (Phi) is 3.94. The zero-order chi connectivity index (χ0) is 11.4. The van der Waals surface area contributed by atoms with E-state index in [9.17, 15) is 4.79 Å². The van der Waals surface area contributed by atoms with E-state index in [1.807, 2.05) is 0 Å². The van der Waals surface area contributed by atoms with Gasteiger partial charge in [0, 0.05) is 11.4 Å². The van der Waals surface area contributed by atoms with Crippen molar-refractivity contribution in [2.24, 2.45) is 5.73 Å². The molecule has 0 aromatic heterocycles. The van der Waals surface area contributed by atoms with Crippen LogP contribution in [0.25, 0.3) is 0 Å². The van der Waals surface area contributed by atoms with Gasteiger partial charge in [-0.2, -0.15) is 0 Å². The van der Waals surface area contributed by atoms with Gasteiger partial charge >= 0.3 is 5.97 Å². The molecule has 5 heteroatoms. The van der Waals surface area contributed by atoms with E-state index in [4.69, 9.17) is 27.2 Å². The average molecular weight is 230 g/mol. The van der Waals surface area contributed by atoms with Crippen LogP contribution < -0.4 is 10.5 Å². The molecule has 4 nitrogen and oxygen atoms in total. The Balaban J connectivity index is 2.89. The molecule has 0 fully saturated rings. The number of methoxy groups -OCH3 is 1. The van der Waals surface area contributed by atoms with Gasteiger partial charge in [0.15, 0.2) is 0 Å². The average Bonchev–Trinajstić information content (AvgIpc) is 2.20. The first-order valence-corrected chi connectivity index (χ1v) is 4.73. The van der Waals surface area contributed by atoms with Crippen LogP contribution in [0.15, 0.2) is 18.2 Å². The Labute approximate surface area is 92.6 Å². The van der Waals surface area contributed by atoms with E-state index in [-0.39, 0.29) is 6.42 Å². The largest absolute Gasteiger partial charge is 0.496 e. The highest BCUT2D eigenvalue weighted by molar-refractivity contribution is 6.30. The van der Waals surface area contributed by atoms with Crippen LogP contribution in [0.1, 0.15) is 5.56 Å². The molecule has 1 aromatic rings. The van der Waals surface area contributed by atoms with Gasteiger partial charge in [-0.15, -0.1) is 0 Å². The van der Waals surface area contributed by atoms with Gasteiger partial charge in [0.2, 0.25) is 0 Å². The standard InChI is InChI=1S/C10H12ClNO3/c1-15-9-5-7(11)3-2-6(9)4-8(12)10(13)14/h2-3,5,8H,4,12H2,1H3,(H,13,14)/t8-/m1/s1. The van der Waals surface area contributed by atoms with Gasteiger partial charge in [0.1, 0.15) is 11.8 Å². The second-order valence-electron chi connectivity index (χ2n) is 3.11. The quantitative estimate of drug-likeness (QED) is 0.817. The molecule has 0 bridgehead atoms. The molecule has 15 heavy (non-hydrogen) atoms. The summed E-state index contributed by atoms with van der Waals surface area (Å²) in [6, 6.07) is 4.09. The summed E-state index contributed by atoms with van der Waals surface area (Å²) in [6.07, 6.45) is 0.218. The number of carboxylic acid groups (broad SMARTS) is 1. The van der Waals surface area contributed by atoms with E-state index in [0.717, 1.165) is 5.56 Å². The summed E-state index contributed by atoms with van der Waals surface area (Å²) in [7, 11) is 1.50. The number of carbonyl (C=O) groups is 1. The maximum Gasteiger partial charge on any atom is 0.320 e. The van der Waals surface area contributed by atoms with Gasteiger partial charge < -0.3 is 15.6 Å². The van der Waals surface area contributed by atoms with Gasteiger partial charge in [-0.25, -0.2) is 0 Å². The van der Waals surface area contributed by atoms with Crippen molar-refractivity contribution in [3.8, 4) is 5.75 Å². The van der Waals surface area contributed by atoms with Crippen LogP contribution in [0.4, 0.5) is 0 Å². The molecule has 1 aromatic carbocycles. The topological polar surface area (TPSA) is 72.5 Å². The van der Waals surface area contributed by atoms with Crippen LogP contribution in [0, 0.1) is 0 Å². The van der Waals surface area contributed by atoms with Crippen LogP contribution in [-0.4, -0.2) is 24.2 Å². The molecule has 0 spiro atoms. The number of carboxylic acids is 1. The van der Waals surface area contributed by atoms with Crippen molar-refractivity contribution in [2.45, 2.75) is 12.5 Å². The molecule has 1 atom stereocenters. The minimum Gasteiger partial charge on any atom is -0.496 e. The number of rotatable bonds is 4. The number of ether oxygens (including phenoxy) is 1. The third-order valence-electron chi connectivity index (χ3n) is 2.01. The number of aliphatic carboxylic acids is 1. The fourth-order valence-corrected chi connectivity index (χ4v) is 1.37. The predicted octanol–water partition coefficient (Wildman–Crippen LogP) is 1.30. The van der Waals surface area contributed by atoms with Gasteiger partial charge in [0.05, 0.1) is 7.11 Å². The van der Waals surface area contributed by atoms with Crippen LogP contribution in [0.3, 0.4) is 0 Å². The van der Waals surface area contributed by atoms with Gasteiger partial charge in [-0.3, -0.25) is 4.79 Å². The van der Waals surface area contributed by atoms with Gasteiger partial charge in [-0.1, -0.05) is 17.7 Å². The monoisotopic (exact) mass is 229 g/mol. The SMILES string of the molecule is COc1cc(Cl)ccc1C[C@@H](N)C(=O)O. The Morgan fingerprint density at radius 2 is 2.33 bits per heavy atom. The van der Waals surface area contributed by atoms with E-state index >= 15 is 0 Å². The molecule has 0 saturated carbocycles. The zero-order valence-corrected chi connectivity index (χ0v) is 8.99. The highest BCUT2D eigenvalue weighted by Crippen LogP contribution is 2.23. The number of halogens is 1. The molecule has 0 unspecified atom stereocenters. The number of nitrogens with two attached hydrogens (primary N) is 1. The highest BCUT2D eigenvalue weighted by atomic mass is 35.5. The van der Waals surface area contributed by atoms with E-state index in [1.54, 1.807) is 18.2 Å². The maximum absolute atomic E-state index is 10.6. The Hall–Kier alpha value is -1.26. The maximum atomic E-state index is 10.6. The summed E-state index contributed by atoms with van der Waals surface area (Å²) < 4.78 is 5.07. The Morgan fingerprint density at radius 1 is 1.67 bits per heavy atom. The Morgan fingerprint density at radius 3 is 2.87 bits per heavy atom. The number of hydrogen-bond donors (Lipinski definition) is 2. The number of hydrogen-bond acceptors (Lipinski definition) is 3. The first kappa shape index (κ1) is 11.8. The van der Waals surface area contributed by atoms with Crippen molar-refractivity contribution < 1.29 is 14.6 Å². The second kappa shape index (κ2) is 5.00. The molecular weight excluding hydrogens is 218 g/mol. The lowest BCUT2D eigenvalue weighted by molar-refractivity contribution is -0.138. The minimum absolute atomic E-state index is 0.218. The summed E-state index contributed by atoms with van der Waals surface area (Å²) in [5.41, 5.74) is 6.16. The van der Waals surface area contributed by atoms with Gasteiger partial charge in [-0.05, 0) is 17.7 Å². The van der Waals surface area contributed by atoms with Crippen molar-refractivity contribution in [3.05, 3.63) is 28.8 Å².